The number of phenols is 1. The summed E-state index contributed by atoms with van der Waals surface area (Å²) in [6, 6.07) is 65.1. The number of nitrogens with zero attached hydrogens (tertiary/aromatic N) is 1. The van der Waals surface area contributed by atoms with Crippen LogP contribution in [0.25, 0.3) is 44.2 Å². The van der Waals surface area contributed by atoms with Gasteiger partial charge in [-0.2, -0.15) is 0 Å². The van der Waals surface area contributed by atoms with Crippen LogP contribution < -0.4 is 21.3 Å². The van der Waals surface area contributed by atoms with Crippen LogP contribution in [0.3, 0.4) is 0 Å². The Morgan fingerprint density at radius 3 is 1.52 bits per heavy atom. The fraction of sp³-hybridized carbons (Fsp3) is 0.0714. The van der Waals surface area contributed by atoms with E-state index in [-0.39, 0.29) is 18.3 Å². The molecule has 4 heteroatoms. The molecule has 0 aliphatic carbocycles. The quantitative estimate of drug-likeness (QED) is 0.148. The van der Waals surface area contributed by atoms with Gasteiger partial charge in [0.15, 0.2) is 0 Å². The molecular weight excluding hydrogens is 732 g/mol. The summed E-state index contributed by atoms with van der Waals surface area (Å²) in [7, 11) is 0. The highest BCUT2D eigenvalue weighted by atomic mass is 19.1. The van der Waals surface area contributed by atoms with E-state index in [0.29, 0.717) is 16.9 Å². The molecule has 0 amide bonds. The van der Waals surface area contributed by atoms with Crippen molar-refractivity contribution in [3.05, 3.63) is 222 Å². The van der Waals surface area contributed by atoms with Crippen LogP contribution in [0.5, 0.6) is 5.75 Å². The molecule has 290 valence electrons. The van der Waals surface area contributed by atoms with E-state index in [2.05, 4.69) is 107 Å². The molecule has 9 aromatic carbocycles. The van der Waals surface area contributed by atoms with Crippen LogP contribution in [-0.4, -0.2) is 11.8 Å². The van der Waals surface area contributed by atoms with Crippen molar-refractivity contribution in [2.45, 2.75) is 27.7 Å². The first-order valence-corrected chi connectivity index (χ1v) is 20.6. The molecule has 0 aliphatic rings. The minimum Gasteiger partial charge on any atom is -0.507 e. The number of halogens is 1. The Bertz CT molecular complexity index is 2910. The van der Waals surface area contributed by atoms with E-state index >= 15 is 4.39 Å². The van der Waals surface area contributed by atoms with Crippen molar-refractivity contribution in [2.75, 3.05) is 4.90 Å². The van der Waals surface area contributed by atoms with Crippen molar-refractivity contribution in [2.24, 2.45) is 0 Å². The number of benzene rings is 9. The molecule has 0 saturated carbocycles. The molecule has 0 fully saturated rings. The van der Waals surface area contributed by atoms with Gasteiger partial charge >= 0.3 is 0 Å². The average molecular weight is 778 g/mol. The summed E-state index contributed by atoms with van der Waals surface area (Å²) in [6.07, 6.45) is 0. The predicted octanol–water partition coefficient (Wildman–Crippen LogP) is 12.9. The Hall–Kier alpha value is -7.17. The molecule has 0 atom stereocenters. The van der Waals surface area contributed by atoms with Gasteiger partial charge in [-0.1, -0.05) is 190 Å². The van der Waals surface area contributed by atoms with Gasteiger partial charge in [-0.25, -0.2) is 4.39 Å². The lowest BCUT2D eigenvalue weighted by atomic mass is 9.33. The average Bonchev–Trinajstić information content (AvgIpc) is 3.27. The van der Waals surface area contributed by atoms with E-state index in [9.17, 15) is 5.11 Å². The maximum absolute atomic E-state index is 17.1. The molecule has 0 spiro atoms. The van der Waals surface area contributed by atoms with E-state index in [0.717, 1.165) is 44.3 Å². The topological polar surface area (TPSA) is 23.5 Å². The summed E-state index contributed by atoms with van der Waals surface area (Å²) in [5.74, 6) is -0.263. The Balaban J connectivity index is 1.21. The van der Waals surface area contributed by atoms with Gasteiger partial charge in [0.1, 0.15) is 11.6 Å². The minimum atomic E-state index is -0.369. The van der Waals surface area contributed by atoms with Crippen LogP contribution >= 0.6 is 0 Å². The van der Waals surface area contributed by atoms with Crippen LogP contribution in [0, 0.1) is 33.5 Å². The summed E-state index contributed by atoms with van der Waals surface area (Å²) in [5.41, 5.74) is 15.7. The van der Waals surface area contributed by atoms with Crippen molar-refractivity contribution in [3.63, 3.8) is 0 Å². The molecule has 60 heavy (non-hydrogen) atoms. The Morgan fingerprint density at radius 1 is 0.417 bits per heavy atom. The van der Waals surface area contributed by atoms with Gasteiger partial charge in [-0.15, -0.1) is 0 Å². The maximum Gasteiger partial charge on any atom is 0.243 e. The van der Waals surface area contributed by atoms with Gasteiger partial charge in [-0.3, -0.25) is 0 Å². The molecule has 2 nitrogen and oxygen atoms in total. The monoisotopic (exact) mass is 777 g/mol. The number of aryl methyl sites for hydroxylation is 4. The molecule has 0 aromatic heterocycles. The summed E-state index contributed by atoms with van der Waals surface area (Å²) < 4.78 is 17.1. The first-order valence-electron chi connectivity index (χ1n) is 20.6. The third-order valence-electron chi connectivity index (χ3n) is 12.0. The highest BCUT2D eigenvalue weighted by Crippen LogP contribution is 2.46. The van der Waals surface area contributed by atoms with E-state index in [1.807, 2.05) is 108 Å². The maximum atomic E-state index is 17.1. The van der Waals surface area contributed by atoms with E-state index in [1.54, 1.807) is 12.1 Å². The molecule has 0 bridgehead atoms. The van der Waals surface area contributed by atoms with Gasteiger partial charge in [0.25, 0.3) is 0 Å². The fourth-order valence-corrected chi connectivity index (χ4v) is 9.16. The first-order chi connectivity index (χ1) is 29.3. The number of rotatable bonds is 9. The van der Waals surface area contributed by atoms with Crippen LogP contribution in [0.4, 0.5) is 21.5 Å². The molecule has 0 radical (unpaired) electrons. The Labute approximate surface area is 353 Å². The Morgan fingerprint density at radius 2 is 0.933 bits per heavy atom. The van der Waals surface area contributed by atoms with E-state index < -0.39 is 0 Å². The third kappa shape index (κ3) is 7.05. The number of fused-ring (bicyclic) bond motifs is 1. The molecule has 0 heterocycles. The van der Waals surface area contributed by atoms with E-state index in [4.69, 9.17) is 0 Å². The van der Waals surface area contributed by atoms with Crippen molar-refractivity contribution < 1.29 is 9.50 Å². The second-order valence-electron chi connectivity index (χ2n) is 15.8. The van der Waals surface area contributed by atoms with Crippen LogP contribution in [0.2, 0.25) is 0 Å². The zero-order chi connectivity index (χ0) is 41.3. The van der Waals surface area contributed by atoms with Gasteiger partial charge in [0, 0.05) is 28.6 Å². The molecule has 0 saturated heterocycles. The summed E-state index contributed by atoms with van der Waals surface area (Å²) in [5, 5.41) is 14.3. The number of hydrogen-bond donors (Lipinski definition) is 1. The predicted molar refractivity (Wildman–Crippen MR) is 253 cm³/mol. The fourth-order valence-electron chi connectivity index (χ4n) is 9.16. The van der Waals surface area contributed by atoms with Crippen molar-refractivity contribution >= 4 is 50.9 Å². The minimum absolute atomic E-state index is 0.00346. The summed E-state index contributed by atoms with van der Waals surface area (Å²) in [6.45, 7) is 8.85. The lowest BCUT2D eigenvalue weighted by Gasteiger charge is -2.29. The highest BCUT2D eigenvalue weighted by Gasteiger charge is 2.30. The number of para-hydroxylation sites is 1. The zero-order valence-corrected chi connectivity index (χ0v) is 34.3. The van der Waals surface area contributed by atoms with Gasteiger partial charge in [0.2, 0.25) is 6.71 Å². The van der Waals surface area contributed by atoms with Gasteiger partial charge in [0.05, 0.1) is 5.69 Å². The zero-order valence-electron chi connectivity index (χ0n) is 34.3. The van der Waals surface area contributed by atoms with Crippen LogP contribution in [0.15, 0.2) is 194 Å². The highest BCUT2D eigenvalue weighted by molar-refractivity contribution is 6.98. The standard InChI is InChI=1S/C56H45BFNO/c1-37-18-16-19-38(2)54(37)57(55-39(3)20-17-21-40(55)4)51-33-32-47(46-28-14-15-29-48(46)51)49-31-30-45(36-53(49)60)59(44-26-12-7-13-27-44)56-50(42-24-10-6-11-25-42)34-43(35-52(56)58)41-22-8-5-9-23-41/h5-36,60H,1-4H3. The first kappa shape index (κ1) is 38.4. The van der Waals surface area contributed by atoms with E-state index in [1.165, 1.54) is 38.6 Å². The number of anilines is 3. The number of phenolic OH excluding ortho intramolecular Hbond substituents is 1. The van der Waals surface area contributed by atoms with Gasteiger partial charge in [-0.05, 0) is 97.1 Å². The third-order valence-corrected chi connectivity index (χ3v) is 12.0. The summed E-state index contributed by atoms with van der Waals surface area (Å²) >= 11 is 0. The lowest BCUT2D eigenvalue weighted by molar-refractivity contribution is 0.477. The largest absolute Gasteiger partial charge is 0.507 e. The summed E-state index contributed by atoms with van der Waals surface area (Å²) in [4.78, 5) is 1.91. The molecular formula is C56H45BFNO. The van der Waals surface area contributed by atoms with Crippen LogP contribution in [0.1, 0.15) is 22.3 Å². The number of aromatic hydroxyl groups is 1. The number of hydrogen-bond acceptors (Lipinski definition) is 2. The molecule has 9 aromatic rings. The second-order valence-corrected chi connectivity index (χ2v) is 15.8. The van der Waals surface area contributed by atoms with Crippen molar-refractivity contribution in [1.82, 2.24) is 0 Å². The van der Waals surface area contributed by atoms with Crippen molar-refractivity contribution in [1.29, 1.82) is 0 Å². The van der Waals surface area contributed by atoms with Gasteiger partial charge < -0.3 is 10.0 Å². The lowest BCUT2D eigenvalue weighted by Crippen LogP contribution is -2.56. The molecule has 0 aliphatic heterocycles. The van der Waals surface area contributed by atoms with Crippen LogP contribution in [-0.2, 0) is 0 Å². The Kier molecular flexibility index (Phi) is 10.4. The second kappa shape index (κ2) is 16.2. The smallest absolute Gasteiger partial charge is 0.243 e. The molecule has 9 rings (SSSR count). The molecule has 1 N–H and O–H groups in total. The normalized spacial score (nSPS) is 11.2. The van der Waals surface area contributed by atoms with Crippen molar-refractivity contribution in [3.8, 4) is 39.1 Å². The molecule has 0 unspecified atom stereocenters. The SMILES string of the molecule is Cc1cccc(C)c1B(c1c(C)cccc1C)c1ccc(-c2ccc(N(c3ccccc3)c3c(F)cc(-c4ccccc4)cc3-c3ccccc3)cc2O)c2ccccc12.